The minimum Gasteiger partial charge on any atom is -0.294 e. The van der Waals surface area contributed by atoms with Gasteiger partial charge in [0.25, 0.3) is 0 Å². The zero-order valence-electron chi connectivity index (χ0n) is 8.62. The third-order valence-electron chi connectivity index (χ3n) is 1.89. The van der Waals surface area contributed by atoms with Crippen molar-refractivity contribution in [2.24, 2.45) is 0 Å². The Bertz CT molecular complexity index is 295. The molecule has 0 amide bonds. The normalized spacial score (nSPS) is 10.1. The molecule has 2 nitrogen and oxygen atoms in total. The van der Waals surface area contributed by atoms with E-state index in [2.05, 4.69) is 11.9 Å². The largest absolute Gasteiger partial charge is 0.294 e. The van der Waals surface area contributed by atoms with Crippen molar-refractivity contribution in [2.75, 3.05) is 5.75 Å². The van der Waals surface area contributed by atoms with Crippen LogP contribution in [-0.4, -0.2) is 16.5 Å². The molecule has 0 atom stereocenters. The van der Waals surface area contributed by atoms with E-state index in [1.807, 2.05) is 12.1 Å². The molecule has 1 aromatic rings. The Hall–Kier alpha value is -0.830. The molecule has 0 saturated heterocycles. The topological polar surface area (TPSA) is 30.0 Å². The van der Waals surface area contributed by atoms with Gasteiger partial charge in [-0.05, 0) is 31.2 Å². The van der Waals surface area contributed by atoms with E-state index < -0.39 is 0 Å². The van der Waals surface area contributed by atoms with Gasteiger partial charge < -0.3 is 0 Å². The average molecular weight is 209 g/mol. The Balaban J connectivity index is 2.51. The van der Waals surface area contributed by atoms with E-state index in [-0.39, 0.29) is 5.78 Å². The molecule has 0 N–H and O–H groups in total. The molecule has 0 saturated carbocycles. The monoisotopic (exact) mass is 209 g/mol. The number of ketones is 1. The van der Waals surface area contributed by atoms with Crippen LogP contribution in [0.3, 0.4) is 0 Å². The van der Waals surface area contributed by atoms with Gasteiger partial charge in [-0.25, -0.2) is 4.98 Å². The number of hydrogen-bond donors (Lipinski definition) is 0. The molecule has 1 rings (SSSR count). The highest BCUT2D eigenvalue weighted by atomic mass is 32.2. The second kappa shape index (κ2) is 5.81. The third kappa shape index (κ3) is 3.50. The van der Waals surface area contributed by atoms with E-state index in [4.69, 9.17) is 0 Å². The Kier molecular flexibility index (Phi) is 4.66. The number of pyridine rings is 1. The van der Waals surface area contributed by atoms with Crippen molar-refractivity contribution >= 4 is 17.5 Å². The molecule has 0 fully saturated rings. The fraction of sp³-hybridized carbons (Fsp3) is 0.455. The molecule has 0 aromatic carbocycles. The summed E-state index contributed by atoms with van der Waals surface area (Å²) in [5.74, 6) is 1.17. The van der Waals surface area contributed by atoms with Crippen LogP contribution in [-0.2, 0) is 0 Å². The molecular formula is C11H15NOS. The van der Waals surface area contributed by atoms with Gasteiger partial charge in [0.05, 0.1) is 5.03 Å². The number of Topliss-reactive ketones (excluding diaryl/α,β-unsaturated/α-hetero) is 1. The third-order valence-corrected chi connectivity index (χ3v) is 2.92. The number of carbonyl (C=O) groups is 1. The number of aromatic nitrogens is 1. The lowest BCUT2D eigenvalue weighted by Crippen LogP contribution is -1.93. The number of nitrogens with zero attached hydrogens (tertiary/aromatic N) is 1. The molecule has 0 aliphatic carbocycles. The van der Waals surface area contributed by atoms with Crippen LogP contribution < -0.4 is 0 Å². The summed E-state index contributed by atoms with van der Waals surface area (Å²) in [6, 6.07) is 3.75. The Morgan fingerprint density at radius 3 is 2.79 bits per heavy atom. The predicted molar refractivity (Wildman–Crippen MR) is 59.9 cm³/mol. The van der Waals surface area contributed by atoms with Crippen LogP contribution in [0.15, 0.2) is 23.4 Å². The van der Waals surface area contributed by atoms with Gasteiger partial charge in [-0.15, -0.1) is 11.8 Å². The molecule has 3 heteroatoms. The molecular weight excluding hydrogens is 194 g/mol. The summed E-state index contributed by atoms with van der Waals surface area (Å²) in [7, 11) is 0. The first-order valence-electron chi connectivity index (χ1n) is 4.84. The van der Waals surface area contributed by atoms with E-state index in [1.165, 1.54) is 12.8 Å². The first-order valence-corrected chi connectivity index (χ1v) is 5.82. The van der Waals surface area contributed by atoms with E-state index >= 15 is 0 Å². The number of thioether (sulfide) groups is 1. The van der Waals surface area contributed by atoms with Crippen molar-refractivity contribution in [2.45, 2.75) is 31.7 Å². The summed E-state index contributed by atoms with van der Waals surface area (Å²) in [6.07, 6.45) is 4.07. The van der Waals surface area contributed by atoms with Crippen LogP contribution in [0.2, 0.25) is 0 Å². The van der Waals surface area contributed by atoms with Crippen LogP contribution in [0, 0.1) is 0 Å². The molecule has 0 bridgehead atoms. The Morgan fingerprint density at radius 1 is 1.50 bits per heavy atom. The lowest BCUT2D eigenvalue weighted by Gasteiger charge is -2.00. The van der Waals surface area contributed by atoms with Crippen molar-refractivity contribution in [1.82, 2.24) is 4.98 Å². The highest BCUT2D eigenvalue weighted by molar-refractivity contribution is 7.99. The molecule has 1 aromatic heterocycles. The van der Waals surface area contributed by atoms with Crippen LogP contribution in [0.25, 0.3) is 0 Å². The SMILES string of the molecule is CCCCSc1ccc(C(C)=O)cn1. The van der Waals surface area contributed by atoms with Crippen molar-refractivity contribution in [1.29, 1.82) is 0 Å². The van der Waals surface area contributed by atoms with Crippen LogP contribution in [0.4, 0.5) is 0 Å². The summed E-state index contributed by atoms with van der Waals surface area (Å²) in [5.41, 5.74) is 0.685. The maximum atomic E-state index is 11.0. The van der Waals surface area contributed by atoms with Gasteiger partial charge in [0.1, 0.15) is 0 Å². The van der Waals surface area contributed by atoms with Gasteiger partial charge in [-0.2, -0.15) is 0 Å². The molecule has 0 aliphatic heterocycles. The van der Waals surface area contributed by atoms with Crippen molar-refractivity contribution in [3.63, 3.8) is 0 Å². The first kappa shape index (κ1) is 11.2. The maximum Gasteiger partial charge on any atom is 0.161 e. The highest BCUT2D eigenvalue weighted by Crippen LogP contribution is 2.16. The summed E-state index contributed by atoms with van der Waals surface area (Å²) >= 11 is 1.74. The standard InChI is InChI=1S/C11H15NOS/c1-3-4-7-14-11-6-5-10(8-12-11)9(2)13/h5-6,8H,3-4,7H2,1-2H3. The van der Waals surface area contributed by atoms with E-state index in [1.54, 1.807) is 24.9 Å². The van der Waals surface area contributed by atoms with Crippen LogP contribution in [0.5, 0.6) is 0 Å². The maximum absolute atomic E-state index is 11.0. The molecule has 1 heterocycles. The predicted octanol–water partition coefficient (Wildman–Crippen LogP) is 3.18. The highest BCUT2D eigenvalue weighted by Gasteiger charge is 2.00. The second-order valence-corrected chi connectivity index (χ2v) is 4.26. The van der Waals surface area contributed by atoms with E-state index in [9.17, 15) is 4.79 Å². The molecule has 14 heavy (non-hydrogen) atoms. The average Bonchev–Trinajstić information content (AvgIpc) is 2.19. The minimum absolute atomic E-state index is 0.0719. The number of carbonyl (C=O) groups excluding carboxylic acids is 1. The Morgan fingerprint density at radius 2 is 2.29 bits per heavy atom. The summed E-state index contributed by atoms with van der Waals surface area (Å²) in [5, 5.41) is 1.00. The van der Waals surface area contributed by atoms with Gasteiger partial charge in [0.15, 0.2) is 5.78 Å². The smallest absolute Gasteiger partial charge is 0.161 e. The number of hydrogen-bond acceptors (Lipinski definition) is 3. The van der Waals surface area contributed by atoms with Gasteiger partial charge >= 0.3 is 0 Å². The van der Waals surface area contributed by atoms with E-state index in [0.717, 1.165) is 10.8 Å². The van der Waals surface area contributed by atoms with Crippen molar-refractivity contribution in [3.8, 4) is 0 Å². The van der Waals surface area contributed by atoms with Crippen LogP contribution >= 0.6 is 11.8 Å². The Labute approximate surface area is 89.1 Å². The second-order valence-electron chi connectivity index (χ2n) is 3.14. The van der Waals surface area contributed by atoms with E-state index in [0.29, 0.717) is 5.56 Å². The quantitative estimate of drug-likeness (QED) is 0.424. The number of unbranched alkanes of at least 4 members (excludes halogenated alkanes) is 1. The van der Waals surface area contributed by atoms with Crippen molar-refractivity contribution < 1.29 is 4.79 Å². The minimum atomic E-state index is 0.0719. The van der Waals surface area contributed by atoms with Crippen molar-refractivity contribution in [3.05, 3.63) is 23.9 Å². The zero-order valence-corrected chi connectivity index (χ0v) is 9.43. The summed E-state index contributed by atoms with van der Waals surface area (Å²) in [4.78, 5) is 15.2. The van der Waals surface area contributed by atoms with Gasteiger partial charge in [-0.3, -0.25) is 4.79 Å². The van der Waals surface area contributed by atoms with Gasteiger partial charge in [0, 0.05) is 11.8 Å². The lowest BCUT2D eigenvalue weighted by molar-refractivity contribution is 0.101. The fourth-order valence-electron chi connectivity index (χ4n) is 0.995. The lowest BCUT2D eigenvalue weighted by atomic mass is 10.2. The summed E-state index contributed by atoms with van der Waals surface area (Å²) < 4.78 is 0. The zero-order chi connectivity index (χ0) is 10.4. The molecule has 0 spiro atoms. The fourth-order valence-corrected chi connectivity index (χ4v) is 1.93. The number of rotatable bonds is 5. The first-order chi connectivity index (χ1) is 6.74. The molecule has 76 valence electrons. The molecule has 0 aliphatic rings. The molecule has 0 unspecified atom stereocenters. The summed E-state index contributed by atoms with van der Waals surface area (Å²) in [6.45, 7) is 3.73. The van der Waals surface area contributed by atoms with Crippen LogP contribution in [0.1, 0.15) is 37.0 Å². The molecule has 0 radical (unpaired) electrons. The van der Waals surface area contributed by atoms with Gasteiger partial charge in [0.2, 0.25) is 0 Å². The van der Waals surface area contributed by atoms with Gasteiger partial charge in [-0.1, -0.05) is 13.3 Å².